The third-order valence-corrected chi connectivity index (χ3v) is 2.29. The zero-order chi connectivity index (χ0) is 13.7. The number of amides is 1. The maximum Gasteiger partial charge on any atom is 0.312 e. The SMILES string of the molecule is CNC(=O)C(CO)Nc1ncc(Cl)cc1[N+](=O)[O-]. The second kappa shape index (κ2) is 6.12. The first-order valence-corrected chi connectivity index (χ1v) is 5.26. The first-order chi connectivity index (χ1) is 8.49. The van der Waals surface area contributed by atoms with Crippen LogP contribution in [0.4, 0.5) is 11.5 Å². The molecule has 3 N–H and O–H groups in total. The Morgan fingerprint density at radius 1 is 1.72 bits per heavy atom. The highest BCUT2D eigenvalue weighted by Gasteiger charge is 2.22. The average Bonchev–Trinajstić information content (AvgIpc) is 2.36. The number of likely N-dealkylation sites (N-methyl/N-ethyl adjacent to an activating group) is 1. The highest BCUT2D eigenvalue weighted by molar-refractivity contribution is 6.30. The largest absolute Gasteiger partial charge is 0.394 e. The fourth-order valence-electron chi connectivity index (χ4n) is 1.21. The molecule has 0 saturated carbocycles. The van der Waals surface area contributed by atoms with Crippen molar-refractivity contribution in [2.75, 3.05) is 19.0 Å². The molecule has 98 valence electrons. The summed E-state index contributed by atoms with van der Waals surface area (Å²) < 4.78 is 0. The Balaban J connectivity index is 3.02. The van der Waals surface area contributed by atoms with Gasteiger partial charge in [-0.05, 0) is 0 Å². The molecule has 1 amide bonds. The van der Waals surface area contributed by atoms with Crippen LogP contribution in [0.15, 0.2) is 12.3 Å². The Hall–Kier alpha value is -1.93. The van der Waals surface area contributed by atoms with Gasteiger partial charge in [0.1, 0.15) is 6.04 Å². The van der Waals surface area contributed by atoms with E-state index >= 15 is 0 Å². The minimum Gasteiger partial charge on any atom is -0.394 e. The van der Waals surface area contributed by atoms with Gasteiger partial charge in [0.05, 0.1) is 16.6 Å². The predicted octanol–water partition coefficient (Wildman–Crippen LogP) is 0.162. The van der Waals surface area contributed by atoms with Crippen LogP contribution in [0.25, 0.3) is 0 Å². The first-order valence-electron chi connectivity index (χ1n) is 4.88. The van der Waals surface area contributed by atoms with Gasteiger partial charge in [0.15, 0.2) is 0 Å². The van der Waals surface area contributed by atoms with E-state index in [1.165, 1.54) is 13.2 Å². The second-order valence-corrected chi connectivity index (χ2v) is 3.71. The smallest absolute Gasteiger partial charge is 0.312 e. The van der Waals surface area contributed by atoms with Gasteiger partial charge in [-0.1, -0.05) is 11.6 Å². The number of aliphatic hydroxyl groups is 1. The van der Waals surface area contributed by atoms with Crippen LogP contribution in [-0.2, 0) is 4.79 Å². The van der Waals surface area contributed by atoms with Gasteiger partial charge in [-0.3, -0.25) is 14.9 Å². The molecule has 1 aromatic rings. The summed E-state index contributed by atoms with van der Waals surface area (Å²) >= 11 is 5.60. The van der Waals surface area contributed by atoms with Gasteiger partial charge in [0, 0.05) is 19.3 Å². The summed E-state index contributed by atoms with van der Waals surface area (Å²) in [6, 6.07) is 0.0807. The molecule has 0 fully saturated rings. The summed E-state index contributed by atoms with van der Waals surface area (Å²) in [6.07, 6.45) is 1.20. The summed E-state index contributed by atoms with van der Waals surface area (Å²) in [5.74, 6) is -0.643. The molecule has 0 aliphatic heterocycles. The van der Waals surface area contributed by atoms with E-state index in [1.54, 1.807) is 0 Å². The van der Waals surface area contributed by atoms with Crippen LogP contribution >= 0.6 is 11.6 Å². The van der Waals surface area contributed by atoms with Gasteiger partial charge in [-0.15, -0.1) is 0 Å². The van der Waals surface area contributed by atoms with Crippen molar-refractivity contribution in [1.82, 2.24) is 10.3 Å². The summed E-state index contributed by atoms with van der Waals surface area (Å²) in [4.78, 5) is 25.2. The number of nitro groups is 1. The van der Waals surface area contributed by atoms with E-state index in [9.17, 15) is 14.9 Å². The summed E-state index contributed by atoms with van der Waals surface area (Å²) in [6.45, 7) is -0.527. The van der Waals surface area contributed by atoms with Crippen molar-refractivity contribution in [3.8, 4) is 0 Å². The first kappa shape index (κ1) is 14.1. The standard InChI is InChI=1S/C9H11ClN4O4/c1-11-9(16)6(4-15)13-8-7(14(17)18)2-5(10)3-12-8/h2-3,6,15H,4H2,1H3,(H,11,16)(H,12,13). The monoisotopic (exact) mass is 274 g/mol. The summed E-state index contributed by atoms with van der Waals surface area (Å²) in [7, 11) is 1.39. The molecule has 18 heavy (non-hydrogen) atoms. The molecule has 1 heterocycles. The molecule has 1 unspecified atom stereocenters. The van der Waals surface area contributed by atoms with Gasteiger partial charge < -0.3 is 15.7 Å². The molecule has 0 radical (unpaired) electrons. The van der Waals surface area contributed by atoms with Crippen molar-refractivity contribution in [3.63, 3.8) is 0 Å². The number of anilines is 1. The number of halogens is 1. The van der Waals surface area contributed by atoms with E-state index in [1.807, 2.05) is 0 Å². The van der Waals surface area contributed by atoms with Crippen molar-refractivity contribution >= 4 is 29.0 Å². The highest BCUT2D eigenvalue weighted by Crippen LogP contribution is 2.25. The van der Waals surface area contributed by atoms with Crippen LogP contribution in [0.2, 0.25) is 5.02 Å². The molecule has 0 aromatic carbocycles. The van der Waals surface area contributed by atoms with E-state index in [0.717, 1.165) is 6.07 Å². The fourth-order valence-corrected chi connectivity index (χ4v) is 1.36. The molecule has 1 aromatic heterocycles. The average molecular weight is 275 g/mol. The van der Waals surface area contributed by atoms with Crippen LogP contribution in [-0.4, -0.2) is 40.6 Å². The quantitative estimate of drug-likeness (QED) is 0.520. The predicted molar refractivity (Wildman–Crippen MR) is 64.5 cm³/mol. The molecule has 0 saturated heterocycles. The maximum absolute atomic E-state index is 11.3. The van der Waals surface area contributed by atoms with Crippen molar-refractivity contribution in [1.29, 1.82) is 0 Å². The topological polar surface area (TPSA) is 117 Å². The zero-order valence-corrected chi connectivity index (χ0v) is 10.1. The molecule has 1 rings (SSSR count). The Bertz CT molecular complexity index is 468. The maximum atomic E-state index is 11.3. The molecule has 9 heteroatoms. The zero-order valence-electron chi connectivity index (χ0n) is 9.38. The molecular formula is C9H11ClN4O4. The van der Waals surface area contributed by atoms with Crippen molar-refractivity contribution in [2.45, 2.75) is 6.04 Å². The van der Waals surface area contributed by atoms with Crippen LogP contribution < -0.4 is 10.6 Å². The van der Waals surface area contributed by atoms with Crippen LogP contribution in [0.3, 0.4) is 0 Å². The molecule has 0 spiro atoms. The summed E-state index contributed by atoms with van der Waals surface area (Å²) in [5.41, 5.74) is -0.371. The van der Waals surface area contributed by atoms with Gasteiger partial charge in [-0.2, -0.15) is 0 Å². The van der Waals surface area contributed by atoms with Crippen LogP contribution in [0.5, 0.6) is 0 Å². The molecular weight excluding hydrogens is 264 g/mol. The number of carbonyl (C=O) groups is 1. The van der Waals surface area contributed by atoms with Crippen LogP contribution in [0, 0.1) is 10.1 Å². The summed E-state index contributed by atoms with van der Waals surface area (Å²) in [5, 5.41) is 24.7. The van der Waals surface area contributed by atoms with Gasteiger partial charge in [0.2, 0.25) is 11.7 Å². The van der Waals surface area contributed by atoms with E-state index in [-0.39, 0.29) is 16.5 Å². The van der Waals surface area contributed by atoms with Gasteiger partial charge >= 0.3 is 5.69 Å². The molecule has 1 atom stereocenters. The number of nitrogens with one attached hydrogen (secondary N) is 2. The Morgan fingerprint density at radius 2 is 2.39 bits per heavy atom. The minimum absolute atomic E-state index is 0.104. The van der Waals surface area contributed by atoms with Crippen molar-refractivity contribution < 1.29 is 14.8 Å². The van der Waals surface area contributed by atoms with Crippen LogP contribution in [0.1, 0.15) is 0 Å². The molecule has 0 bridgehead atoms. The number of aliphatic hydroxyl groups excluding tert-OH is 1. The van der Waals surface area contributed by atoms with E-state index in [0.29, 0.717) is 0 Å². The highest BCUT2D eigenvalue weighted by atomic mass is 35.5. The fraction of sp³-hybridized carbons (Fsp3) is 0.333. The minimum atomic E-state index is -1.03. The second-order valence-electron chi connectivity index (χ2n) is 3.27. The number of nitrogens with zero attached hydrogens (tertiary/aromatic N) is 2. The Morgan fingerprint density at radius 3 is 2.89 bits per heavy atom. The van der Waals surface area contributed by atoms with Gasteiger partial charge in [-0.25, -0.2) is 4.98 Å². The molecule has 8 nitrogen and oxygen atoms in total. The number of pyridine rings is 1. The molecule has 0 aliphatic rings. The molecule has 0 aliphatic carbocycles. The lowest BCUT2D eigenvalue weighted by molar-refractivity contribution is -0.384. The Labute approximate surface area is 107 Å². The number of rotatable bonds is 5. The normalized spacial score (nSPS) is 11.7. The Kier molecular flexibility index (Phi) is 4.81. The van der Waals surface area contributed by atoms with E-state index < -0.39 is 23.5 Å². The van der Waals surface area contributed by atoms with E-state index in [2.05, 4.69) is 15.6 Å². The lowest BCUT2D eigenvalue weighted by Crippen LogP contribution is -2.40. The lowest BCUT2D eigenvalue weighted by atomic mass is 10.2. The van der Waals surface area contributed by atoms with E-state index in [4.69, 9.17) is 16.7 Å². The van der Waals surface area contributed by atoms with Crippen molar-refractivity contribution in [3.05, 3.63) is 27.4 Å². The number of aromatic nitrogens is 1. The third-order valence-electron chi connectivity index (χ3n) is 2.09. The number of hydrogen-bond acceptors (Lipinski definition) is 6. The van der Waals surface area contributed by atoms with Gasteiger partial charge in [0.25, 0.3) is 0 Å². The third kappa shape index (κ3) is 3.28. The van der Waals surface area contributed by atoms with Crippen molar-refractivity contribution in [2.24, 2.45) is 0 Å². The lowest BCUT2D eigenvalue weighted by Gasteiger charge is -2.14. The number of hydrogen-bond donors (Lipinski definition) is 3. The number of carbonyl (C=O) groups excluding carboxylic acids is 1.